The van der Waals surface area contributed by atoms with Crippen LogP contribution in [0.4, 0.5) is 0 Å². The monoisotopic (exact) mass is 235 g/mol. The van der Waals surface area contributed by atoms with Gasteiger partial charge in [-0.05, 0) is 19.2 Å². The molecule has 0 aliphatic heterocycles. The van der Waals surface area contributed by atoms with E-state index in [2.05, 4.69) is 16.0 Å². The molecule has 0 saturated heterocycles. The zero-order chi connectivity index (χ0) is 12.5. The second-order valence-electron chi connectivity index (χ2n) is 3.50. The van der Waals surface area contributed by atoms with Gasteiger partial charge in [-0.25, -0.2) is 0 Å². The van der Waals surface area contributed by atoms with Gasteiger partial charge in [0.05, 0.1) is 6.54 Å². The van der Waals surface area contributed by atoms with Gasteiger partial charge in [-0.3, -0.25) is 9.59 Å². The van der Waals surface area contributed by atoms with E-state index < -0.39 is 0 Å². The summed E-state index contributed by atoms with van der Waals surface area (Å²) in [4.78, 5) is 22.9. The molecule has 0 radical (unpaired) electrons. The summed E-state index contributed by atoms with van der Waals surface area (Å²) < 4.78 is 0. The number of amides is 2. The average Bonchev–Trinajstić information content (AvgIpc) is 2.37. The van der Waals surface area contributed by atoms with E-state index in [0.29, 0.717) is 18.7 Å². The van der Waals surface area contributed by atoms with E-state index in [1.807, 2.05) is 13.1 Å². The summed E-state index contributed by atoms with van der Waals surface area (Å²) >= 11 is 0. The molecule has 0 spiro atoms. The largest absolute Gasteiger partial charge is 0.353 e. The van der Waals surface area contributed by atoms with Gasteiger partial charge in [-0.15, -0.1) is 0 Å². The molecule has 0 fully saturated rings. The molecule has 1 rings (SSSR count). The maximum atomic E-state index is 11.6. The molecule has 2 amide bonds. The van der Waals surface area contributed by atoms with Crippen LogP contribution in [0.2, 0.25) is 0 Å². The van der Waals surface area contributed by atoms with Gasteiger partial charge < -0.3 is 16.0 Å². The molecule has 0 saturated carbocycles. The van der Waals surface area contributed by atoms with Crippen molar-refractivity contribution in [2.24, 2.45) is 0 Å². The Kier molecular flexibility index (Phi) is 5.74. The molecule has 0 bridgehead atoms. The van der Waals surface area contributed by atoms with E-state index in [1.165, 1.54) is 0 Å². The highest BCUT2D eigenvalue weighted by Gasteiger charge is 2.06. The molecular formula is C12H17N3O2. The first kappa shape index (κ1) is 13.2. The van der Waals surface area contributed by atoms with Crippen molar-refractivity contribution < 1.29 is 9.59 Å². The lowest BCUT2D eigenvalue weighted by Gasteiger charge is -2.06. The fraction of sp³-hybridized carbons (Fsp3) is 0.333. The number of carbonyl (C=O) groups excluding carboxylic acids is 2. The molecule has 0 unspecified atom stereocenters. The molecule has 1 aromatic rings. The second kappa shape index (κ2) is 7.40. The third-order valence-electron chi connectivity index (χ3n) is 2.14. The van der Waals surface area contributed by atoms with Gasteiger partial charge in [-0.1, -0.05) is 18.2 Å². The number of hydrogen-bond donors (Lipinski definition) is 3. The molecule has 1 aromatic carbocycles. The van der Waals surface area contributed by atoms with Gasteiger partial charge in [0.25, 0.3) is 5.91 Å². The number of benzene rings is 1. The molecule has 5 nitrogen and oxygen atoms in total. The average molecular weight is 235 g/mol. The number of rotatable bonds is 6. The highest BCUT2D eigenvalue weighted by molar-refractivity contribution is 5.96. The molecule has 0 atom stereocenters. The molecule has 5 heteroatoms. The van der Waals surface area contributed by atoms with E-state index in [-0.39, 0.29) is 18.4 Å². The minimum absolute atomic E-state index is 0.00254. The zero-order valence-electron chi connectivity index (χ0n) is 9.82. The van der Waals surface area contributed by atoms with Gasteiger partial charge in [0.15, 0.2) is 0 Å². The van der Waals surface area contributed by atoms with E-state index >= 15 is 0 Å². The topological polar surface area (TPSA) is 70.2 Å². The summed E-state index contributed by atoms with van der Waals surface area (Å²) in [5.41, 5.74) is 0.551. The Morgan fingerprint density at radius 2 is 1.76 bits per heavy atom. The van der Waals surface area contributed by atoms with Gasteiger partial charge in [0.1, 0.15) is 0 Å². The molecular weight excluding hydrogens is 218 g/mol. The predicted octanol–water partition coefficient (Wildman–Crippen LogP) is -0.248. The first-order valence-electron chi connectivity index (χ1n) is 5.48. The number of carbonyl (C=O) groups is 2. The van der Waals surface area contributed by atoms with Gasteiger partial charge in [0.2, 0.25) is 5.91 Å². The number of likely N-dealkylation sites (N-methyl/N-ethyl adjacent to an activating group) is 1. The summed E-state index contributed by atoms with van der Waals surface area (Å²) in [6.07, 6.45) is 0. The Labute approximate surface area is 101 Å². The van der Waals surface area contributed by atoms with E-state index in [9.17, 15) is 9.59 Å². The third-order valence-corrected chi connectivity index (χ3v) is 2.14. The Morgan fingerprint density at radius 1 is 1.06 bits per heavy atom. The van der Waals surface area contributed by atoms with Crippen LogP contribution in [-0.4, -0.2) is 38.5 Å². The Balaban J connectivity index is 2.26. The first-order chi connectivity index (χ1) is 8.24. The smallest absolute Gasteiger partial charge is 0.251 e. The fourth-order valence-electron chi connectivity index (χ4n) is 1.24. The Bertz CT molecular complexity index is 365. The first-order valence-corrected chi connectivity index (χ1v) is 5.48. The molecule has 92 valence electrons. The lowest BCUT2D eigenvalue weighted by atomic mass is 10.2. The van der Waals surface area contributed by atoms with Crippen LogP contribution < -0.4 is 16.0 Å². The molecule has 3 N–H and O–H groups in total. The van der Waals surface area contributed by atoms with Crippen LogP contribution in [0.1, 0.15) is 10.4 Å². The molecule has 0 aliphatic rings. The number of hydrogen-bond acceptors (Lipinski definition) is 3. The number of nitrogens with one attached hydrogen (secondary N) is 3. The van der Waals surface area contributed by atoms with Crippen molar-refractivity contribution in [2.75, 3.05) is 26.7 Å². The van der Waals surface area contributed by atoms with Crippen LogP contribution in [0.15, 0.2) is 30.3 Å². The summed E-state index contributed by atoms with van der Waals surface area (Å²) in [5, 5.41) is 8.14. The summed E-state index contributed by atoms with van der Waals surface area (Å²) in [6, 6.07) is 8.80. The fourth-order valence-corrected chi connectivity index (χ4v) is 1.24. The van der Waals surface area contributed by atoms with Crippen LogP contribution in [-0.2, 0) is 4.79 Å². The third kappa shape index (κ3) is 5.12. The maximum Gasteiger partial charge on any atom is 0.251 e. The van der Waals surface area contributed by atoms with Crippen LogP contribution >= 0.6 is 0 Å². The minimum atomic E-state index is -0.241. The van der Waals surface area contributed by atoms with Crippen molar-refractivity contribution in [1.29, 1.82) is 0 Å². The summed E-state index contributed by atoms with van der Waals surface area (Å²) in [7, 11) is 1.81. The lowest BCUT2D eigenvalue weighted by molar-refractivity contribution is -0.120. The van der Waals surface area contributed by atoms with Crippen LogP contribution in [0.3, 0.4) is 0 Å². The van der Waals surface area contributed by atoms with Crippen molar-refractivity contribution in [3.63, 3.8) is 0 Å². The highest BCUT2D eigenvalue weighted by atomic mass is 16.2. The van der Waals surface area contributed by atoms with E-state index in [1.54, 1.807) is 24.3 Å². The van der Waals surface area contributed by atoms with Crippen LogP contribution in [0.25, 0.3) is 0 Å². The lowest BCUT2D eigenvalue weighted by Crippen LogP contribution is -2.39. The van der Waals surface area contributed by atoms with Crippen molar-refractivity contribution in [3.05, 3.63) is 35.9 Å². The van der Waals surface area contributed by atoms with Crippen molar-refractivity contribution in [3.8, 4) is 0 Å². The maximum absolute atomic E-state index is 11.6. The van der Waals surface area contributed by atoms with Gasteiger partial charge in [-0.2, -0.15) is 0 Å². The normalized spacial score (nSPS) is 9.71. The minimum Gasteiger partial charge on any atom is -0.353 e. The zero-order valence-corrected chi connectivity index (χ0v) is 9.82. The second-order valence-corrected chi connectivity index (χ2v) is 3.50. The Hall–Kier alpha value is -1.88. The molecule has 17 heavy (non-hydrogen) atoms. The van der Waals surface area contributed by atoms with Gasteiger partial charge >= 0.3 is 0 Å². The summed E-state index contributed by atoms with van der Waals surface area (Å²) in [6.45, 7) is 1.26. The Morgan fingerprint density at radius 3 is 2.41 bits per heavy atom. The quantitative estimate of drug-likeness (QED) is 0.596. The molecule has 0 aromatic heterocycles. The van der Waals surface area contributed by atoms with Crippen molar-refractivity contribution in [2.45, 2.75) is 0 Å². The van der Waals surface area contributed by atoms with Crippen LogP contribution in [0, 0.1) is 0 Å². The molecule has 0 aliphatic carbocycles. The van der Waals surface area contributed by atoms with Crippen molar-refractivity contribution in [1.82, 2.24) is 16.0 Å². The SMILES string of the molecule is CNCCNC(=O)CNC(=O)c1ccccc1. The standard InChI is InChI=1S/C12H17N3O2/c1-13-7-8-14-11(16)9-15-12(17)10-5-3-2-4-6-10/h2-6,13H,7-9H2,1H3,(H,14,16)(H,15,17). The van der Waals surface area contributed by atoms with E-state index in [0.717, 1.165) is 0 Å². The predicted molar refractivity (Wildman–Crippen MR) is 65.7 cm³/mol. The molecule has 0 heterocycles. The van der Waals surface area contributed by atoms with Gasteiger partial charge in [0, 0.05) is 18.7 Å². The highest BCUT2D eigenvalue weighted by Crippen LogP contribution is 1.96. The summed E-state index contributed by atoms with van der Waals surface area (Å²) in [5.74, 6) is -0.432. The van der Waals surface area contributed by atoms with E-state index in [4.69, 9.17) is 0 Å². The van der Waals surface area contributed by atoms with Crippen LogP contribution in [0.5, 0.6) is 0 Å². The van der Waals surface area contributed by atoms with Crippen molar-refractivity contribution >= 4 is 11.8 Å².